The van der Waals surface area contributed by atoms with Crippen LogP contribution < -0.4 is 5.32 Å². The van der Waals surface area contributed by atoms with Crippen molar-refractivity contribution in [2.24, 2.45) is 0 Å². The summed E-state index contributed by atoms with van der Waals surface area (Å²) in [4.78, 5) is 0.262. The Hall–Kier alpha value is -0.340. The summed E-state index contributed by atoms with van der Waals surface area (Å²) < 4.78 is 0. The van der Waals surface area contributed by atoms with Crippen molar-refractivity contribution in [3.63, 3.8) is 0 Å². The molecule has 66 valence electrons. The SMILES string of the molecule is CNC(Br)c1ccc(C)cc1C. The lowest BCUT2D eigenvalue weighted by molar-refractivity contribution is 0.802. The summed E-state index contributed by atoms with van der Waals surface area (Å²) >= 11 is 3.55. The Morgan fingerprint density at radius 1 is 1.33 bits per heavy atom. The van der Waals surface area contributed by atoms with Crippen LogP contribution in [0.4, 0.5) is 0 Å². The Morgan fingerprint density at radius 3 is 2.50 bits per heavy atom. The number of alkyl halides is 1. The van der Waals surface area contributed by atoms with Crippen LogP contribution in [0.5, 0.6) is 0 Å². The van der Waals surface area contributed by atoms with Crippen LogP contribution in [-0.4, -0.2) is 7.05 Å². The first-order chi connectivity index (χ1) is 5.65. The standard InChI is InChI=1S/C10H14BrN/c1-7-4-5-9(8(2)6-7)10(11)12-3/h4-6,10,12H,1-3H3. The smallest absolute Gasteiger partial charge is 0.0886 e. The van der Waals surface area contributed by atoms with Gasteiger partial charge < -0.3 is 5.32 Å². The second-order valence-electron chi connectivity index (χ2n) is 3.01. The van der Waals surface area contributed by atoms with Crippen LogP contribution in [0.2, 0.25) is 0 Å². The lowest BCUT2D eigenvalue weighted by Crippen LogP contribution is -2.10. The molecule has 0 aliphatic carbocycles. The normalized spacial score (nSPS) is 13.0. The summed E-state index contributed by atoms with van der Waals surface area (Å²) in [5.41, 5.74) is 3.95. The summed E-state index contributed by atoms with van der Waals surface area (Å²) in [7, 11) is 1.94. The molecule has 1 unspecified atom stereocenters. The molecular weight excluding hydrogens is 214 g/mol. The first kappa shape index (κ1) is 9.75. The number of hydrogen-bond donors (Lipinski definition) is 1. The second-order valence-corrected chi connectivity index (χ2v) is 3.93. The number of benzene rings is 1. The first-order valence-corrected chi connectivity index (χ1v) is 4.95. The maximum Gasteiger partial charge on any atom is 0.0886 e. The molecule has 0 bridgehead atoms. The molecule has 1 N–H and O–H groups in total. The van der Waals surface area contributed by atoms with Crippen molar-refractivity contribution in [2.45, 2.75) is 18.8 Å². The van der Waals surface area contributed by atoms with Gasteiger partial charge in [-0.15, -0.1) is 0 Å². The molecular formula is C10H14BrN. The highest BCUT2D eigenvalue weighted by atomic mass is 79.9. The van der Waals surface area contributed by atoms with Gasteiger partial charge in [-0.1, -0.05) is 39.7 Å². The fourth-order valence-electron chi connectivity index (χ4n) is 1.27. The van der Waals surface area contributed by atoms with Gasteiger partial charge in [-0.3, -0.25) is 0 Å². The maximum atomic E-state index is 3.55. The third-order valence-electron chi connectivity index (χ3n) is 1.95. The molecule has 0 aliphatic heterocycles. The highest BCUT2D eigenvalue weighted by Gasteiger charge is 2.06. The second kappa shape index (κ2) is 4.06. The zero-order valence-corrected chi connectivity index (χ0v) is 9.27. The summed E-state index contributed by atoms with van der Waals surface area (Å²) in [6.07, 6.45) is 0. The van der Waals surface area contributed by atoms with Crippen LogP contribution in [0.3, 0.4) is 0 Å². The number of aryl methyl sites for hydroxylation is 2. The molecule has 0 fully saturated rings. The van der Waals surface area contributed by atoms with Crippen molar-refractivity contribution in [3.8, 4) is 0 Å². The van der Waals surface area contributed by atoms with Crippen LogP contribution >= 0.6 is 15.9 Å². The van der Waals surface area contributed by atoms with Gasteiger partial charge in [-0.2, -0.15) is 0 Å². The van der Waals surface area contributed by atoms with Gasteiger partial charge in [-0.05, 0) is 32.0 Å². The van der Waals surface area contributed by atoms with E-state index in [0.29, 0.717) is 0 Å². The molecule has 0 heterocycles. The van der Waals surface area contributed by atoms with Gasteiger partial charge in [0, 0.05) is 0 Å². The summed E-state index contributed by atoms with van der Waals surface area (Å²) in [5, 5.41) is 3.16. The minimum Gasteiger partial charge on any atom is -0.304 e. The van der Waals surface area contributed by atoms with Crippen molar-refractivity contribution in [3.05, 3.63) is 34.9 Å². The average molecular weight is 228 g/mol. The van der Waals surface area contributed by atoms with Crippen LogP contribution in [0.25, 0.3) is 0 Å². The maximum absolute atomic E-state index is 3.55. The molecule has 2 heteroatoms. The summed E-state index contributed by atoms with van der Waals surface area (Å²) in [5.74, 6) is 0. The Balaban J connectivity index is 3.01. The molecule has 0 amide bonds. The zero-order chi connectivity index (χ0) is 9.14. The van der Waals surface area contributed by atoms with Gasteiger partial charge in [-0.25, -0.2) is 0 Å². The highest BCUT2D eigenvalue weighted by molar-refractivity contribution is 9.09. The number of halogens is 1. The van der Waals surface area contributed by atoms with E-state index in [4.69, 9.17) is 0 Å². The predicted molar refractivity (Wildman–Crippen MR) is 56.6 cm³/mol. The quantitative estimate of drug-likeness (QED) is 0.606. The van der Waals surface area contributed by atoms with Gasteiger partial charge in [0.2, 0.25) is 0 Å². The van der Waals surface area contributed by atoms with Crippen molar-refractivity contribution in [1.82, 2.24) is 5.32 Å². The van der Waals surface area contributed by atoms with Gasteiger partial charge in [0.25, 0.3) is 0 Å². The summed E-state index contributed by atoms with van der Waals surface area (Å²) in [6.45, 7) is 4.24. The van der Waals surface area contributed by atoms with Crippen LogP contribution in [0.1, 0.15) is 21.6 Å². The summed E-state index contributed by atoms with van der Waals surface area (Å²) in [6, 6.07) is 6.48. The average Bonchev–Trinajstić information content (AvgIpc) is 2.03. The Labute approximate surface area is 82.3 Å². The van der Waals surface area contributed by atoms with Gasteiger partial charge in [0.1, 0.15) is 0 Å². The van der Waals surface area contributed by atoms with Gasteiger partial charge in [0.05, 0.1) is 4.95 Å². The highest BCUT2D eigenvalue weighted by Crippen LogP contribution is 2.22. The monoisotopic (exact) mass is 227 g/mol. The largest absolute Gasteiger partial charge is 0.304 e. The Morgan fingerprint density at radius 2 is 2.00 bits per heavy atom. The third-order valence-corrected chi connectivity index (χ3v) is 2.90. The molecule has 12 heavy (non-hydrogen) atoms. The minimum atomic E-state index is 0.262. The van der Waals surface area contributed by atoms with Gasteiger partial charge >= 0.3 is 0 Å². The predicted octanol–water partition coefficient (Wildman–Crippen LogP) is 2.92. The van der Waals surface area contributed by atoms with E-state index >= 15 is 0 Å². The molecule has 0 saturated carbocycles. The van der Waals surface area contributed by atoms with E-state index in [9.17, 15) is 0 Å². The van der Waals surface area contributed by atoms with E-state index in [1.54, 1.807) is 0 Å². The lowest BCUT2D eigenvalue weighted by atomic mass is 10.1. The molecule has 0 aliphatic rings. The topological polar surface area (TPSA) is 12.0 Å². The fraction of sp³-hybridized carbons (Fsp3) is 0.400. The van der Waals surface area contributed by atoms with E-state index in [1.807, 2.05) is 7.05 Å². The minimum absolute atomic E-state index is 0.262. The van der Waals surface area contributed by atoms with E-state index in [1.165, 1.54) is 16.7 Å². The molecule has 1 aromatic rings. The van der Waals surface area contributed by atoms with Crippen molar-refractivity contribution in [2.75, 3.05) is 7.05 Å². The van der Waals surface area contributed by atoms with Crippen molar-refractivity contribution in [1.29, 1.82) is 0 Å². The van der Waals surface area contributed by atoms with E-state index < -0.39 is 0 Å². The number of nitrogens with one attached hydrogen (secondary N) is 1. The van der Waals surface area contributed by atoms with Crippen molar-refractivity contribution < 1.29 is 0 Å². The molecule has 0 radical (unpaired) electrons. The van der Waals surface area contributed by atoms with Crippen LogP contribution in [0.15, 0.2) is 18.2 Å². The molecule has 0 aromatic heterocycles. The van der Waals surface area contributed by atoms with E-state index in [-0.39, 0.29) is 4.95 Å². The molecule has 0 saturated heterocycles. The number of hydrogen-bond acceptors (Lipinski definition) is 1. The third kappa shape index (κ3) is 2.08. The van der Waals surface area contributed by atoms with Gasteiger partial charge in [0.15, 0.2) is 0 Å². The van der Waals surface area contributed by atoms with E-state index in [0.717, 1.165) is 0 Å². The van der Waals surface area contributed by atoms with E-state index in [2.05, 4.69) is 53.3 Å². The lowest BCUT2D eigenvalue weighted by Gasteiger charge is -2.12. The Kier molecular flexibility index (Phi) is 3.29. The molecule has 1 atom stereocenters. The fourth-order valence-corrected chi connectivity index (χ4v) is 1.78. The zero-order valence-electron chi connectivity index (χ0n) is 7.69. The first-order valence-electron chi connectivity index (χ1n) is 4.03. The van der Waals surface area contributed by atoms with Crippen molar-refractivity contribution >= 4 is 15.9 Å². The molecule has 1 nitrogen and oxygen atoms in total. The van der Waals surface area contributed by atoms with Crippen LogP contribution in [-0.2, 0) is 0 Å². The molecule has 1 aromatic carbocycles. The Bertz CT molecular complexity index is 271. The molecule has 1 rings (SSSR count). The molecule has 0 spiro atoms. The van der Waals surface area contributed by atoms with Crippen LogP contribution in [0, 0.1) is 13.8 Å². The number of rotatable bonds is 2.